The number of piperidine rings is 1. The van der Waals surface area contributed by atoms with Gasteiger partial charge in [-0.25, -0.2) is 4.79 Å². The standard InChI is InChI=1S/C19H23N3O4/c1-26-16-6-2-12(3-7-16)20-19(25)21-13-4-5-14(21)11-15(10-13)22-17(23)8-9-18(22)24/h2-3,6-7,13-15H,4-5,8-11H2,1H3,(H,20,25). The van der Waals surface area contributed by atoms with E-state index < -0.39 is 0 Å². The maximum absolute atomic E-state index is 12.8. The number of ether oxygens (including phenoxy) is 1. The summed E-state index contributed by atoms with van der Waals surface area (Å²) >= 11 is 0. The Morgan fingerprint density at radius 2 is 1.58 bits per heavy atom. The summed E-state index contributed by atoms with van der Waals surface area (Å²) in [5.41, 5.74) is 0.724. The zero-order chi connectivity index (χ0) is 18.3. The largest absolute Gasteiger partial charge is 0.497 e. The molecule has 0 spiro atoms. The molecule has 3 saturated heterocycles. The van der Waals surface area contributed by atoms with Gasteiger partial charge in [-0.15, -0.1) is 0 Å². The topological polar surface area (TPSA) is 79.0 Å². The lowest BCUT2D eigenvalue weighted by Gasteiger charge is -2.41. The van der Waals surface area contributed by atoms with Crippen LogP contribution >= 0.6 is 0 Å². The highest BCUT2D eigenvalue weighted by atomic mass is 16.5. The molecule has 1 N–H and O–H groups in total. The Hall–Kier alpha value is -2.57. The van der Waals surface area contributed by atoms with Gasteiger partial charge in [-0.1, -0.05) is 0 Å². The van der Waals surface area contributed by atoms with Gasteiger partial charge in [0.2, 0.25) is 11.8 Å². The third-order valence-corrected chi connectivity index (χ3v) is 5.74. The zero-order valence-corrected chi connectivity index (χ0v) is 14.8. The average Bonchev–Trinajstić information content (AvgIpc) is 3.11. The van der Waals surface area contributed by atoms with E-state index in [9.17, 15) is 14.4 Å². The average molecular weight is 357 g/mol. The summed E-state index contributed by atoms with van der Waals surface area (Å²) in [6.45, 7) is 0. The van der Waals surface area contributed by atoms with Crippen LogP contribution in [0.5, 0.6) is 5.75 Å². The predicted octanol–water partition coefficient (Wildman–Crippen LogP) is 2.37. The van der Waals surface area contributed by atoms with E-state index in [1.165, 1.54) is 4.90 Å². The number of rotatable bonds is 3. The Kier molecular flexibility index (Phi) is 4.30. The molecule has 3 aliphatic heterocycles. The molecular formula is C19H23N3O4. The van der Waals surface area contributed by atoms with Crippen LogP contribution < -0.4 is 10.1 Å². The number of fused-ring (bicyclic) bond motifs is 2. The van der Waals surface area contributed by atoms with E-state index in [0.29, 0.717) is 25.7 Å². The van der Waals surface area contributed by atoms with Crippen molar-refractivity contribution in [2.75, 3.05) is 12.4 Å². The van der Waals surface area contributed by atoms with E-state index in [1.54, 1.807) is 19.2 Å². The molecule has 3 fully saturated rings. The van der Waals surface area contributed by atoms with Crippen molar-refractivity contribution in [1.29, 1.82) is 0 Å². The Labute approximate surface area is 152 Å². The summed E-state index contributed by atoms with van der Waals surface area (Å²) in [5, 5.41) is 2.95. The van der Waals surface area contributed by atoms with E-state index in [-0.39, 0.29) is 36.0 Å². The second kappa shape index (κ2) is 6.63. The SMILES string of the molecule is COc1ccc(NC(=O)N2C3CCC2CC(N2C(=O)CCC2=O)C3)cc1. The van der Waals surface area contributed by atoms with E-state index in [4.69, 9.17) is 4.74 Å². The van der Waals surface area contributed by atoms with E-state index in [2.05, 4.69) is 5.32 Å². The fourth-order valence-electron chi connectivity index (χ4n) is 4.55. The molecule has 0 aliphatic carbocycles. The minimum absolute atomic E-state index is 0.0555. The number of carbonyl (C=O) groups is 3. The molecule has 7 heteroatoms. The van der Waals surface area contributed by atoms with Gasteiger partial charge in [-0.3, -0.25) is 14.5 Å². The first-order valence-electron chi connectivity index (χ1n) is 9.15. The van der Waals surface area contributed by atoms with Crippen LogP contribution in [0.3, 0.4) is 0 Å². The van der Waals surface area contributed by atoms with Gasteiger partial charge in [-0.05, 0) is 49.9 Å². The number of carbonyl (C=O) groups excluding carboxylic acids is 3. The second-order valence-electron chi connectivity index (χ2n) is 7.23. The van der Waals surface area contributed by atoms with Gasteiger partial charge in [0.15, 0.2) is 0 Å². The lowest BCUT2D eigenvalue weighted by Crippen LogP contribution is -2.54. The molecule has 3 aliphatic rings. The zero-order valence-electron chi connectivity index (χ0n) is 14.8. The van der Waals surface area contributed by atoms with Crippen molar-refractivity contribution >= 4 is 23.5 Å². The summed E-state index contributed by atoms with van der Waals surface area (Å²) in [6, 6.07) is 7.23. The fraction of sp³-hybridized carbons (Fsp3) is 0.526. The number of hydrogen-bond acceptors (Lipinski definition) is 4. The van der Waals surface area contributed by atoms with Crippen LogP contribution in [0.4, 0.5) is 10.5 Å². The second-order valence-corrected chi connectivity index (χ2v) is 7.23. The van der Waals surface area contributed by atoms with Crippen LogP contribution in [0.15, 0.2) is 24.3 Å². The molecule has 0 radical (unpaired) electrons. The van der Waals surface area contributed by atoms with E-state index >= 15 is 0 Å². The predicted molar refractivity (Wildman–Crippen MR) is 94.8 cm³/mol. The van der Waals surface area contributed by atoms with Crippen molar-refractivity contribution < 1.29 is 19.1 Å². The number of amides is 4. The monoisotopic (exact) mass is 357 g/mol. The van der Waals surface area contributed by atoms with Crippen LogP contribution in [0.2, 0.25) is 0 Å². The van der Waals surface area contributed by atoms with Crippen molar-refractivity contribution in [3.63, 3.8) is 0 Å². The van der Waals surface area contributed by atoms with Gasteiger partial charge in [0.25, 0.3) is 0 Å². The van der Waals surface area contributed by atoms with Crippen molar-refractivity contribution in [3.05, 3.63) is 24.3 Å². The number of methoxy groups -OCH3 is 1. The van der Waals surface area contributed by atoms with Gasteiger partial charge in [-0.2, -0.15) is 0 Å². The van der Waals surface area contributed by atoms with Crippen LogP contribution in [0.1, 0.15) is 38.5 Å². The Morgan fingerprint density at radius 3 is 2.12 bits per heavy atom. The molecule has 26 heavy (non-hydrogen) atoms. The van der Waals surface area contributed by atoms with Crippen molar-refractivity contribution in [1.82, 2.24) is 9.80 Å². The van der Waals surface area contributed by atoms with Gasteiger partial charge >= 0.3 is 6.03 Å². The van der Waals surface area contributed by atoms with Gasteiger partial charge < -0.3 is 15.0 Å². The maximum Gasteiger partial charge on any atom is 0.322 e. The Morgan fingerprint density at radius 1 is 1.00 bits per heavy atom. The first-order valence-corrected chi connectivity index (χ1v) is 9.15. The van der Waals surface area contributed by atoms with Crippen LogP contribution in [0, 0.1) is 0 Å². The molecule has 1 aromatic carbocycles. The molecular weight excluding hydrogens is 334 g/mol. The first-order chi connectivity index (χ1) is 12.6. The Balaban J connectivity index is 1.43. The van der Waals surface area contributed by atoms with Crippen molar-refractivity contribution in [3.8, 4) is 5.75 Å². The Bertz CT molecular complexity index is 703. The third-order valence-electron chi connectivity index (χ3n) is 5.74. The van der Waals surface area contributed by atoms with Crippen molar-refractivity contribution in [2.24, 2.45) is 0 Å². The van der Waals surface area contributed by atoms with E-state index in [1.807, 2.05) is 17.0 Å². The number of imide groups is 1. The molecule has 2 bridgehead atoms. The molecule has 3 heterocycles. The van der Waals surface area contributed by atoms with Gasteiger partial charge in [0.1, 0.15) is 5.75 Å². The normalized spacial score (nSPS) is 27.8. The maximum atomic E-state index is 12.8. The number of nitrogens with zero attached hydrogens (tertiary/aromatic N) is 2. The van der Waals surface area contributed by atoms with E-state index in [0.717, 1.165) is 24.3 Å². The molecule has 7 nitrogen and oxygen atoms in total. The summed E-state index contributed by atoms with van der Waals surface area (Å²) in [4.78, 5) is 40.2. The number of benzene rings is 1. The highest BCUT2D eigenvalue weighted by Crippen LogP contribution is 2.39. The lowest BCUT2D eigenvalue weighted by atomic mass is 9.96. The minimum atomic E-state index is -0.111. The molecule has 4 amide bonds. The van der Waals surface area contributed by atoms with Crippen LogP contribution in [-0.4, -0.2) is 52.9 Å². The molecule has 2 atom stereocenters. The molecule has 0 aromatic heterocycles. The summed E-state index contributed by atoms with van der Waals surface area (Å²) < 4.78 is 5.13. The van der Waals surface area contributed by atoms with Gasteiger partial charge in [0.05, 0.1) is 7.11 Å². The first kappa shape index (κ1) is 16.9. The smallest absolute Gasteiger partial charge is 0.322 e. The number of urea groups is 1. The summed E-state index contributed by atoms with van der Waals surface area (Å²) in [6.07, 6.45) is 3.87. The third kappa shape index (κ3) is 2.91. The van der Waals surface area contributed by atoms with Crippen molar-refractivity contribution in [2.45, 2.75) is 56.7 Å². The molecule has 138 valence electrons. The lowest BCUT2D eigenvalue weighted by molar-refractivity contribution is -0.142. The number of hydrogen-bond donors (Lipinski definition) is 1. The van der Waals surface area contributed by atoms with Gasteiger partial charge in [0, 0.05) is 36.7 Å². The van der Waals surface area contributed by atoms with Crippen LogP contribution in [0.25, 0.3) is 0 Å². The number of likely N-dealkylation sites (tertiary alicyclic amines) is 1. The highest BCUT2D eigenvalue weighted by molar-refractivity contribution is 6.02. The molecule has 1 aromatic rings. The van der Waals surface area contributed by atoms with Crippen LogP contribution in [-0.2, 0) is 9.59 Å². The number of anilines is 1. The minimum Gasteiger partial charge on any atom is -0.497 e. The molecule has 0 saturated carbocycles. The summed E-state index contributed by atoms with van der Waals surface area (Å²) in [7, 11) is 1.60. The molecule has 4 rings (SSSR count). The molecule has 2 unspecified atom stereocenters. The summed E-state index contributed by atoms with van der Waals surface area (Å²) in [5.74, 6) is 0.620. The quantitative estimate of drug-likeness (QED) is 0.843. The highest BCUT2D eigenvalue weighted by Gasteiger charge is 2.47. The number of nitrogens with one attached hydrogen (secondary N) is 1. The fourth-order valence-corrected chi connectivity index (χ4v) is 4.55.